The molecular weight excluding hydrogens is 362 g/mol. The van der Waals surface area contributed by atoms with Gasteiger partial charge in [0.15, 0.2) is 0 Å². The molecule has 4 N–H and O–H groups in total. The standard InChI is InChI=1S/C10H10N4O.C4H4BrN3/c1-15-10-3-2-7(4-14-10)8-5-13-9(11)6-12-8;5-3-1-8-4(6)2-7-3/h2-6H,1H3,(H2,11,13);1-2H,(H2,6,8). The molecule has 0 spiro atoms. The average molecular weight is 376 g/mol. The molecule has 3 aromatic rings. The third-order valence-electron chi connectivity index (χ3n) is 2.55. The normalized spacial score (nSPS) is 9.65. The molecule has 0 unspecified atom stereocenters. The van der Waals surface area contributed by atoms with Gasteiger partial charge in [0, 0.05) is 17.8 Å². The molecule has 0 radical (unpaired) electrons. The number of ether oxygens (including phenoxy) is 1. The lowest BCUT2D eigenvalue weighted by Crippen LogP contribution is -1.93. The van der Waals surface area contributed by atoms with Crippen LogP contribution >= 0.6 is 15.9 Å². The Morgan fingerprint density at radius 3 is 1.96 bits per heavy atom. The zero-order chi connectivity index (χ0) is 16.7. The highest BCUT2D eigenvalue weighted by Crippen LogP contribution is 2.17. The van der Waals surface area contributed by atoms with Crippen molar-refractivity contribution in [2.75, 3.05) is 18.6 Å². The van der Waals surface area contributed by atoms with Crippen LogP contribution in [0.4, 0.5) is 11.6 Å². The largest absolute Gasteiger partial charge is 0.481 e. The van der Waals surface area contributed by atoms with Gasteiger partial charge in [0.1, 0.15) is 16.2 Å². The maximum Gasteiger partial charge on any atom is 0.212 e. The van der Waals surface area contributed by atoms with Crippen LogP contribution in [0.1, 0.15) is 0 Å². The highest BCUT2D eigenvalue weighted by molar-refractivity contribution is 9.10. The number of methoxy groups -OCH3 is 1. The van der Waals surface area contributed by atoms with Crippen molar-refractivity contribution in [1.29, 1.82) is 0 Å². The van der Waals surface area contributed by atoms with Crippen molar-refractivity contribution in [2.45, 2.75) is 0 Å². The van der Waals surface area contributed by atoms with Gasteiger partial charge >= 0.3 is 0 Å². The third-order valence-corrected chi connectivity index (χ3v) is 2.96. The van der Waals surface area contributed by atoms with E-state index in [0.717, 1.165) is 11.3 Å². The number of pyridine rings is 1. The van der Waals surface area contributed by atoms with Gasteiger partial charge in [0.2, 0.25) is 5.88 Å². The van der Waals surface area contributed by atoms with Crippen molar-refractivity contribution in [3.05, 3.63) is 47.7 Å². The second-order valence-corrected chi connectivity index (χ2v) is 4.99. The summed E-state index contributed by atoms with van der Waals surface area (Å²) in [4.78, 5) is 19.7. The zero-order valence-corrected chi connectivity index (χ0v) is 13.8. The Hall–Kier alpha value is -2.81. The monoisotopic (exact) mass is 375 g/mol. The molecule has 0 aliphatic carbocycles. The summed E-state index contributed by atoms with van der Waals surface area (Å²) in [7, 11) is 1.57. The average Bonchev–Trinajstić information content (AvgIpc) is 2.59. The summed E-state index contributed by atoms with van der Waals surface area (Å²) in [6.07, 6.45) is 7.84. The lowest BCUT2D eigenvalue weighted by Gasteiger charge is -2.01. The summed E-state index contributed by atoms with van der Waals surface area (Å²) in [5.41, 5.74) is 12.3. The van der Waals surface area contributed by atoms with Gasteiger partial charge in [-0.15, -0.1) is 0 Å². The minimum atomic E-state index is 0.403. The number of aromatic nitrogens is 5. The molecule has 3 rings (SSSR count). The molecule has 3 heterocycles. The van der Waals surface area contributed by atoms with Gasteiger partial charge in [-0.2, -0.15) is 0 Å². The van der Waals surface area contributed by atoms with Crippen molar-refractivity contribution in [3.63, 3.8) is 0 Å². The predicted molar refractivity (Wildman–Crippen MR) is 90.4 cm³/mol. The minimum Gasteiger partial charge on any atom is -0.481 e. The first-order valence-electron chi connectivity index (χ1n) is 6.39. The fourth-order valence-electron chi connectivity index (χ4n) is 1.46. The van der Waals surface area contributed by atoms with Crippen molar-refractivity contribution in [2.24, 2.45) is 0 Å². The molecule has 23 heavy (non-hydrogen) atoms. The zero-order valence-electron chi connectivity index (χ0n) is 12.2. The number of hydrogen-bond acceptors (Lipinski definition) is 8. The van der Waals surface area contributed by atoms with Gasteiger partial charge < -0.3 is 16.2 Å². The molecule has 0 bridgehead atoms. The van der Waals surface area contributed by atoms with E-state index in [4.69, 9.17) is 16.2 Å². The van der Waals surface area contributed by atoms with Gasteiger partial charge in [-0.3, -0.25) is 4.98 Å². The second kappa shape index (κ2) is 7.99. The molecule has 118 valence electrons. The summed E-state index contributed by atoms with van der Waals surface area (Å²) in [5.74, 6) is 1.41. The van der Waals surface area contributed by atoms with E-state index < -0.39 is 0 Å². The minimum absolute atomic E-state index is 0.403. The van der Waals surface area contributed by atoms with Crippen LogP contribution in [0.2, 0.25) is 0 Å². The van der Waals surface area contributed by atoms with Gasteiger partial charge in [-0.1, -0.05) is 0 Å². The van der Waals surface area contributed by atoms with Gasteiger partial charge in [0.05, 0.1) is 37.6 Å². The number of hydrogen-bond donors (Lipinski definition) is 2. The van der Waals surface area contributed by atoms with Crippen LogP contribution < -0.4 is 16.2 Å². The molecule has 0 amide bonds. The van der Waals surface area contributed by atoms with Crippen LogP contribution in [-0.2, 0) is 0 Å². The molecule has 0 aliphatic heterocycles. The Balaban J connectivity index is 0.000000203. The van der Waals surface area contributed by atoms with Crippen molar-refractivity contribution in [3.8, 4) is 17.1 Å². The van der Waals surface area contributed by atoms with E-state index in [2.05, 4.69) is 40.8 Å². The van der Waals surface area contributed by atoms with E-state index in [1.54, 1.807) is 31.8 Å². The molecule has 0 atom stereocenters. The Kier molecular flexibility index (Phi) is 5.75. The van der Waals surface area contributed by atoms with Crippen LogP contribution in [0.15, 0.2) is 47.7 Å². The van der Waals surface area contributed by atoms with Crippen LogP contribution in [0.5, 0.6) is 5.88 Å². The molecule has 0 saturated carbocycles. The quantitative estimate of drug-likeness (QED) is 0.695. The SMILES string of the molecule is COc1ccc(-c2cnc(N)cn2)cn1.Nc1cnc(Br)cn1. The lowest BCUT2D eigenvalue weighted by atomic mass is 10.2. The Bertz CT molecular complexity index is 712. The van der Waals surface area contributed by atoms with E-state index in [1.807, 2.05) is 6.07 Å². The number of rotatable bonds is 2. The second-order valence-electron chi connectivity index (χ2n) is 4.18. The summed E-state index contributed by atoms with van der Waals surface area (Å²) in [6.45, 7) is 0. The van der Waals surface area contributed by atoms with E-state index in [0.29, 0.717) is 22.1 Å². The van der Waals surface area contributed by atoms with Crippen molar-refractivity contribution >= 4 is 27.6 Å². The number of anilines is 2. The van der Waals surface area contributed by atoms with E-state index >= 15 is 0 Å². The molecular formula is C14H14BrN7O. The van der Waals surface area contributed by atoms with Gasteiger partial charge in [-0.25, -0.2) is 19.9 Å². The first-order chi connectivity index (χ1) is 11.1. The number of nitrogens with zero attached hydrogens (tertiary/aromatic N) is 5. The molecule has 0 fully saturated rings. The number of nitrogens with two attached hydrogens (primary N) is 2. The topological polar surface area (TPSA) is 126 Å². The summed E-state index contributed by atoms with van der Waals surface area (Å²) >= 11 is 3.12. The fraction of sp³-hybridized carbons (Fsp3) is 0.0714. The van der Waals surface area contributed by atoms with Crippen LogP contribution in [-0.4, -0.2) is 32.0 Å². The summed E-state index contributed by atoms with van der Waals surface area (Å²) in [5, 5.41) is 0. The Morgan fingerprint density at radius 1 is 0.826 bits per heavy atom. The fourth-order valence-corrected chi connectivity index (χ4v) is 1.67. The van der Waals surface area contributed by atoms with Crippen LogP contribution in [0, 0.1) is 0 Å². The molecule has 0 aromatic carbocycles. The highest BCUT2D eigenvalue weighted by atomic mass is 79.9. The van der Waals surface area contributed by atoms with Gasteiger partial charge in [0.25, 0.3) is 0 Å². The van der Waals surface area contributed by atoms with Crippen LogP contribution in [0.25, 0.3) is 11.3 Å². The molecule has 9 heteroatoms. The lowest BCUT2D eigenvalue weighted by molar-refractivity contribution is 0.398. The third kappa shape index (κ3) is 5.15. The number of halogens is 1. The molecule has 0 saturated heterocycles. The van der Waals surface area contributed by atoms with Crippen molar-refractivity contribution < 1.29 is 4.74 Å². The summed E-state index contributed by atoms with van der Waals surface area (Å²) in [6, 6.07) is 3.64. The van der Waals surface area contributed by atoms with Crippen LogP contribution in [0.3, 0.4) is 0 Å². The number of nitrogen functional groups attached to an aromatic ring is 2. The maximum atomic E-state index is 5.44. The maximum absolute atomic E-state index is 5.44. The Morgan fingerprint density at radius 2 is 1.52 bits per heavy atom. The van der Waals surface area contributed by atoms with E-state index in [1.165, 1.54) is 12.4 Å². The smallest absolute Gasteiger partial charge is 0.212 e. The molecule has 8 nitrogen and oxygen atoms in total. The Labute approximate surface area is 141 Å². The first kappa shape index (κ1) is 16.6. The van der Waals surface area contributed by atoms with Gasteiger partial charge in [-0.05, 0) is 22.0 Å². The highest BCUT2D eigenvalue weighted by Gasteiger charge is 2.00. The van der Waals surface area contributed by atoms with E-state index in [-0.39, 0.29) is 0 Å². The molecule has 3 aromatic heterocycles. The first-order valence-corrected chi connectivity index (χ1v) is 7.18. The summed E-state index contributed by atoms with van der Waals surface area (Å²) < 4.78 is 5.66. The molecule has 0 aliphatic rings. The van der Waals surface area contributed by atoms with E-state index in [9.17, 15) is 0 Å². The predicted octanol–water partition coefficient (Wildman–Crippen LogP) is 1.95. The van der Waals surface area contributed by atoms with Crippen molar-refractivity contribution in [1.82, 2.24) is 24.9 Å².